The Kier molecular flexibility index (Phi) is 11.4. The number of hydrogen-bond acceptors (Lipinski definition) is 4. The van der Waals surface area contributed by atoms with Crippen molar-refractivity contribution in [3.8, 4) is 5.75 Å². The number of unbranched alkanes of at least 4 members (excludes halogenated alkanes) is 3. The Bertz CT molecular complexity index is 1340. The van der Waals surface area contributed by atoms with Gasteiger partial charge in [0.1, 0.15) is 12.4 Å². The normalized spacial score (nSPS) is 11.0. The lowest BCUT2D eigenvalue weighted by Gasteiger charge is -2.25. The monoisotopic (exact) mass is 661 g/mol. The van der Waals surface area contributed by atoms with Gasteiger partial charge in [-0.25, -0.2) is 4.79 Å². The molecule has 206 valence electrons. The number of esters is 1. The SMILES string of the molecule is CCCCCCOC(=O)C=Cc1ccccc1OCc1ccc(N(c2ccc(Br)cc2)c2ccc(Br)cc2)cc1. The molecule has 0 aromatic heterocycles. The van der Waals surface area contributed by atoms with E-state index in [1.165, 1.54) is 6.08 Å². The number of rotatable bonds is 13. The third-order valence-electron chi connectivity index (χ3n) is 6.32. The smallest absolute Gasteiger partial charge is 0.330 e. The molecule has 4 rings (SSSR count). The average Bonchev–Trinajstić information content (AvgIpc) is 2.98. The summed E-state index contributed by atoms with van der Waals surface area (Å²) in [6, 6.07) is 32.6. The first-order valence-corrected chi connectivity index (χ1v) is 15.1. The van der Waals surface area contributed by atoms with Crippen LogP contribution in [0.5, 0.6) is 5.75 Å². The minimum absolute atomic E-state index is 0.331. The summed E-state index contributed by atoms with van der Waals surface area (Å²) < 4.78 is 13.5. The van der Waals surface area contributed by atoms with Crippen LogP contribution in [0.4, 0.5) is 17.1 Å². The Balaban J connectivity index is 1.42. The second-order valence-electron chi connectivity index (χ2n) is 9.34. The molecular weight excluding hydrogens is 630 g/mol. The third-order valence-corrected chi connectivity index (χ3v) is 7.38. The van der Waals surface area contributed by atoms with Crippen LogP contribution in [0.1, 0.15) is 43.7 Å². The molecule has 0 aliphatic carbocycles. The number of ether oxygens (including phenoxy) is 2. The number of hydrogen-bond donors (Lipinski definition) is 0. The molecule has 0 heterocycles. The Hall–Kier alpha value is -3.35. The maximum atomic E-state index is 12.1. The molecule has 0 saturated carbocycles. The number of benzene rings is 4. The number of anilines is 3. The quantitative estimate of drug-likeness (QED) is 0.0811. The molecule has 4 nitrogen and oxygen atoms in total. The Morgan fingerprint density at radius 2 is 1.32 bits per heavy atom. The molecule has 0 bridgehead atoms. The van der Waals surface area contributed by atoms with Crippen molar-refractivity contribution in [3.05, 3.63) is 123 Å². The molecule has 4 aromatic carbocycles. The van der Waals surface area contributed by atoms with E-state index in [1.807, 2.05) is 48.5 Å². The van der Waals surface area contributed by atoms with Gasteiger partial charge in [0, 0.05) is 37.6 Å². The second-order valence-corrected chi connectivity index (χ2v) is 11.2. The minimum atomic E-state index is -0.331. The summed E-state index contributed by atoms with van der Waals surface area (Å²) in [5.41, 5.74) is 5.05. The topological polar surface area (TPSA) is 38.8 Å². The van der Waals surface area contributed by atoms with Crippen LogP contribution in [0.3, 0.4) is 0 Å². The van der Waals surface area contributed by atoms with Gasteiger partial charge in [-0.05, 0) is 84.8 Å². The largest absolute Gasteiger partial charge is 0.488 e. The predicted octanol–water partition coefficient (Wildman–Crippen LogP) is 10.4. The third kappa shape index (κ3) is 8.83. The van der Waals surface area contributed by atoms with Crippen LogP contribution in [0.15, 0.2) is 112 Å². The van der Waals surface area contributed by atoms with Crippen LogP contribution >= 0.6 is 31.9 Å². The predicted molar refractivity (Wildman–Crippen MR) is 171 cm³/mol. The van der Waals surface area contributed by atoms with Gasteiger partial charge in [0.05, 0.1) is 6.61 Å². The van der Waals surface area contributed by atoms with Gasteiger partial charge >= 0.3 is 5.97 Å². The zero-order chi connectivity index (χ0) is 28.2. The highest BCUT2D eigenvalue weighted by atomic mass is 79.9. The molecule has 0 radical (unpaired) electrons. The lowest BCUT2D eigenvalue weighted by atomic mass is 10.1. The molecule has 40 heavy (non-hydrogen) atoms. The molecule has 4 aromatic rings. The number of nitrogens with zero attached hydrogens (tertiary/aromatic N) is 1. The zero-order valence-electron chi connectivity index (χ0n) is 22.6. The highest BCUT2D eigenvalue weighted by Gasteiger charge is 2.13. The first-order chi connectivity index (χ1) is 19.5. The second kappa shape index (κ2) is 15.4. The Labute approximate surface area is 253 Å². The van der Waals surface area contributed by atoms with Gasteiger partial charge < -0.3 is 14.4 Å². The highest BCUT2D eigenvalue weighted by Crippen LogP contribution is 2.35. The van der Waals surface area contributed by atoms with Crippen LogP contribution in [0.2, 0.25) is 0 Å². The number of halogens is 2. The molecule has 0 N–H and O–H groups in total. The zero-order valence-corrected chi connectivity index (χ0v) is 25.7. The van der Waals surface area contributed by atoms with Gasteiger partial charge in [0.15, 0.2) is 0 Å². The van der Waals surface area contributed by atoms with Crippen molar-refractivity contribution in [3.63, 3.8) is 0 Å². The molecule has 0 atom stereocenters. The summed E-state index contributed by atoms with van der Waals surface area (Å²) in [4.78, 5) is 14.3. The molecule has 6 heteroatoms. The van der Waals surface area contributed by atoms with Crippen molar-refractivity contribution < 1.29 is 14.3 Å². The fourth-order valence-electron chi connectivity index (χ4n) is 4.19. The number of carbonyl (C=O) groups excluding carboxylic acids is 1. The minimum Gasteiger partial charge on any atom is -0.488 e. The molecule has 0 aliphatic heterocycles. The Morgan fingerprint density at radius 3 is 1.93 bits per heavy atom. The van der Waals surface area contributed by atoms with Crippen molar-refractivity contribution in [2.24, 2.45) is 0 Å². The van der Waals surface area contributed by atoms with E-state index in [4.69, 9.17) is 9.47 Å². The van der Waals surface area contributed by atoms with Gasteiger partial charge in [-0.15, -0.1) is 0 Å². The van der Waals surface area contributed by atoms with Crippen LogP contribution in [-0.2, 0) is 16.1 Å². The number of carbonyl (C=O) groups is 1. The lowest BCUT2D eigenvalue weighted by Crippen LogP contribution is -2.10. The van der Waals surface area contributed by atoms with Crippen molar-refractivity contribution in [1.82, 2.24) is 0 Å². The van der Waals surface area contributed by atoms with Crippen molar-refractivity contribution in [2.75, 3.05) is 11.5 Å². The maximum absolute atomic E-state index is 12.1. The fraction of sp³-hybridized carbons (Fsp3) is 0.206. The average molecular weight is 663 g/mol. The van der Waals surface area contributed by atoms with E-state index in [-0.39, 0.29) is 5.97 Å². The van der Waals surface area contributed by atoms with Crippen LogP contribution in [0.25, 0.3) is 6.08 Å². The van der Waals surface area contributed by atoms with Crippen LogP contribution in [0, 0.1) is 0 Å². The molecule has 0 fully saturated rings. The summed E-state index contributed by atoms with van der Waals surface area (Å²) in [5, 5.41) is 0. The van der Waals surface area contributed by atoms with Gasteiger partial charge in [0.2, 0.25) is 0 Å². The summed E-state index contributed by atoms with van der Waals surface area (Å²) in [5.74, 6) is 0.382. The van der Waals surface area contributed by atoms with E-state index in [0.29, 0.717) is 19.0 Å². The van der Waals surface area contributed by atoms with E-state index in [1.54, 1.807) is 6.08 Å². The van der Waals surface area contributed by atoms with E-state index >= 15 is 0 Å². The van der Waals surface area contributed by atoms with Crippen molar-refractivity contribution in [2.45, 2.75) is 39.2 Å². The first kappa shape index (κ1) is 29.6. The first-order valence-electron chi connectivity index (χ1n) is 13.5. The number of para-hydroxylation sites is 1. The van der Waals surface area contributed by atoms with E-state index in [9.17, 15) is 4.79 Å². The lowest BCUT2D eigenvalue weighted by molar-refractivity contribution is -0.137. The molecule has 0 aliphatic rings. The molecule has 0 spiro atoms. The molecule has 0 unspecified atom stereocenters. The van der Waals surface area contributed by atoms with Gasteiger partial charge in [0.25, 0.3) is 0 Å². The van der Waals surface area contributed by atoms with Crippen molar-refractivity contribution >= 4 is 61.0 Å². The molecular formula is C34H33Br2NO3. The van der Waals surface area contributed by atoms with Gasteiger partial charge in [-0.1, -0.05) is 88.4 Å². The van der Waals surface area contributed by atoms with Crippen LogP contribution < -0.4 is 9.64 Å². The van der Waals surface area contributed by atoms with Gasteiger partial charge in [-0.3, -0.25) is 0 Å². The van der Waals surface area contributed by atoms with E-state index < -0.39 is 0 Å². The maximum Gasteiger partial charge on any atom is 0.330 e. The Morgan fingerprint density at radius 1 is 0.750 bits per heavy atom. The molecule has 0 saturated heterocycles. The summed E-state index contributed by atoms with van der Waals surface area (Å²) in [7, 11) is 0. The summed E-state index contributed by atoms with van der Waals surface area (Å²) >= 11 is 7.07. The standard InChI is InChI=1S/C34H33Br2NO3/c1-2-3-4-7-24-39-34(38)23-12-27-8-5-6-9-33(27)40-25-26-10-17-30(18-11-26)37(31-19-13-28(35)14-20-31)32-21-15-29(36)16-22-32/h5-6,8-23H,2-4,7,24-25H2,1H3. The molecule has 0 amide bonds. The van der Waals surface area contributed by atoms with Crippen LogP contribution in [-0.4, -0.2) is 12.6 Å². The summed E-state index contributed by atoms with van der Waals surface area (Å²) in [6.07, 6.45) is 7.52. The van der Waals surface area contributed by atoms with Gasteiger partial charge in [-0.2, -0.15) is 0 Å². The fourth-order valence-corrected chi connectivity index (χ4v) is 4.72. The van der Waals surface area contributed by atoms with Crippen molar-refractivity contribution in [1.29, 1.82) is 0 Å². The summed E-state index contributed by atoms with van der Waals surface area (Å²) in [6.45, 7) is 3.02. The van der Waals surface area contributed by atoms with E-state index in [2.05, 4.69) is 92.2 Å². The van der Waals surface area contributed by atoms with E-state index in [0.717, 1.165) is 62.8 Å². The highest BCUT2D eigenvalue weighted by molar-refractivity contribution is 9.10.